The summed E-state index contributed by atoms with van der Waals surface area (Å²) in [6, 6.07) is 21.9. The molecule has 8 nitrogen and oxygen atoms in total. The fourth-order valence-corrected chi connectivity index (χ4v) is 3.02. The van der Waals surface area contributed by atoms with Crippen molar-refractivity contribution in [1.29, 1.82) is 0 Å². The first kappa shape index (κ1) is 19.8. The summed E-state index contributed by atoms with van der Waals surface area (Å²) in [5, 5.41) is 15.4. The van der Waals surface area contributed by atoms with Crippen molar-refractivity contribution in [3.63, 3.8) is 0 Å². The van der Waals surface area contributed by atoms with Gasteiger partial charge in [-0.25, -0.2) is 4.79 Å². The van der Waals surface area contributed by atoms with Crippen LogP contribution in [0.2, 0.25) is 0 Å². The summed E-state index contributed by atoms with van der Waals surface area (Å²) < 4.78 is 10.5. The lowest BCUT2D eigenvalue weighted by Crippen LogP contribution is -2.20. The van der Waals surface area contributed by atoms with E-state index in [1.807, 2.05) is 36.4 Å². The van der Waals surface area contributed by atoms with E-state index >= 15 is 0 Å². The maximum atomic E-state index is 12.2. The van der Waals surface area contributed by atoms with E-state index in [-0.39, 0.29) is 11.4 Å². The van der Waals surface area contributed by atoms with Crippen LogP contribution in [-0.2, 0) is 9.53 Å². The zero-order valence-electron chi connectivity index (χ0n) is 16.1. The lowest BCUT2D eigenvalue weighted by molar-refractivity contribution is -0.384. The second kappa shape index (κ2) is 8.50. The Morgan fingerprint density at radius 1 is 0.935 bits per heavy atom. The van der Waals surface area contributed by atoms with Crippen molar-refractivity contribution in [3.05, 3.63) is 94.7 Å². The van der Waals surface area contributed by atoms with Gasteiger partial charge in [0.05, 0.1) is 4.92 Å². The van der Waals surface area contributed by atoms with Gasteiger partial charge in [0.15, 0.2) is 6.61 Å². The molecule has 0 aliphatic heterocycles. The van der Waals surface area contributed by atoms with Crippen LogP contribution in [-0.4, -0.2) is 23.4 Å². The topological polar surface area (TPSA) is 112 Å². The number of ether oxygens (including phenoxy) is 1. The quantitative estimate of drug-likeness (QED) is 0.274. The molecule has 0 saturated heterocycles. The molecular formula is C23H16N2O6. The van der Waals surface area contributed by atoms with Crippen molar-refractivity contribution in [3.8, 4) is 11.3 Å². The van der Waals surface area contributed by atoms with Gasteiger partial charge >= 0.3 is 5.97 Å². The van der Waals surface area contributed by atoms with E-state index in [0.717, 1.165) is 10.8 Å². The highest BCUT2D eigenvalue weighted by Crippen LogP contribution is 2.25. The van der Waals surface area contributed by atoms with Crippen LogP contribution in [0.15, 0.2) is 83.3 Å². The minimum Gasteiger partial charge on any atom is -0.450 e. The second-order valence-electron chi connectivity index (χ2n) is 6.65. The summed E-state index contributed by atoms with van der Waals surface area (Å²) in [5.41, 5.74) is 1.12. The van der Waals surface area contributed by atoms with Gasteiger partial charge in [0.25, 0.3) is 11.6 Å². The van der Waals surface area contributed by atoms with Crippen molar-refractivity contribution >= 4 is 34.0 Å². The molecule has 8 heteroatoms. The molecular weight excluding hydrogens is 400 g/mol. The predicted molar refractivity (Wildman–Crippen MR) is 114 cm³/mol. The van der Waals surface area contributed by atoms with Crippen molar-refractivity contribution in [2.45, 2.75) is 0 Å². The highest BCUT2D eigenvalue weighted by molar-refractivity contribution is 5.96. The van der Waals surface area contributed by atoms with E-state index in [4.69, 9.17) is 9.15 Å². The van der Waals surface area contributed by atoms with Crippen molar-refractivity contribution < 1.29 is 23.7 Å². The molecule has 0 aliphatic rings. The first-order chi connectivity index (χ1) is 15.0. The third-order valence-corrected chi connectivity index (χ3v) is 4.54. The number of carbonyl (C=O) groups excluding carboxylic acids is 2. The number of anilines is 1. The number of hydrogen-bond acceptors (Lipinski definition) is 6. The molecule has 31 heavy (non-hydrogen) atoms. The van der Waals surface area contributed by atoms with Crippen LogP contribution >= 0.6 is 0 Å². The molecule has 0 bridgehead atoms. The van der Waals surface area contributed by atoms with Crippen molar-refractivity contribution in [1.82, 2.24) is 0 Å². The molecule has 1 N–H and O–H groups in total. The summed E-state index contributed by atoms with van der Waals surface area (Å²) in [6.07, 6.45) is 0. The van der Waals surface area contributed by atoms with Crippen LogP contribution in [0, 0.1) is 10.1 Å². The molecule has 0 aliphatic carbocycles. The Morgan fingerprint density at radius 2 is 1.68 bits per heavy atom. The van der Waals surface area contributed by atoms with Crippen LogP contribution in [0.3, 0.4) is 0 Å². The Bertz CT molecular complexity index is 1280. The monoisotopic (exact) mass is 416 g/mol. The van der Waals surface area contributed by atoms with Crippen molar-refractivity contribution in [2.75, 3.05) is 11.9 Å². The molecule has 1 aromatic heterocycles. The fourth-order valence-electron chi connectivity index (χ4n) is 3.02. The Labute approximate surface area is 176 Å². The normalized spacial score (nSPS) is 10.6. The molecule has 0 fully saturated rings. The number of benzene rings is 3. The van der Waals surface area contributed by atoms with Crippen LogP contribution < -0.4 is 5.32 Å². The van der Waals surface area contributed by atoms with Gasteiger partial charge in [-0.05, 0) is 47.2 Å². The molecule has 0 atom stereocenters. The zero-order valence-corrected chi connectivity index (χ0v) is 16.1. The third kappa shape index (κ3) is 4.59. The number of nitrogens with zero attached hydrogens (tertiary/aromatic N) is 1. The Kier molecular flexibility index (Phi) is 5.44. The van der Waals surface area contributed by atoms with E-state index in [2.05, 4.69) is 5.32 Å². The minimum absolute atomic E-state index is 0.0487. The van der Waals surface area contributed by atoms with Gasteiger partial charge < -0.3 is 14.5 Å². The average Bonchev–Trinajstić information content (AvgIpc) is 3.28. The highest BCUT2D eigenvalue weighted by Gasteiger charge is 2.16. The summed E-state index contributed by atoms with van der Waals surface area (Å²) >= 11 is 0. The number of furan rings is 1. The number of fused-ring (bicyclic) bond motifs is 1. The van der Waals surface area contributed by atoms with E-state index < -0.39 is 23.4 Å². The lowest BCUT2D eigenvalue weighted by Gasteiger charge is -2.07. The van der Waals surface area contributed by atoms with Crippen LogP contribution in [0.1, 0.15) is 10.6 Å². The summed E-state index contributed by atoms with van der Waals surface area (Å²) in [7, 11) is 0. The van der Waals surface area contributed by atoms with Crippen LogP contribution in [0.5, 0.6) is 0 Å². The number of amides is 1. The summed E-state index contributed by atoms with van der Waals surface area (Å²) in [6.45, 7) is -0.473. The molecule has 0 unspecified atom stereocenters. The van der Waals surface area contributed by atoms with Gasteiger partial charge in [0.1, 0.15) is 5.76 Å². The maximum Gasteiger partial charge on any atom is 0.374 e. The van der Waals surface area contributed by atoms with Gasteiger partial charge in [-0.2, -0.15) is 0 Å². The molecule has 1 heterocycles. The number of nitro benzene ring substituents is 1. The number of rotatable bonds is 6. The molecule has 1 amide bonds. The van der Waals surface area contributed by atoms with E-state index in [1.165, 1.54) is 30.3 Å². The van der Waals surface area contributed by atoms with Crippen LogP contribution in [0.4, 0.5) is 11.4 Å². The SMILES string of the molecule is O=C(COC(=O)c1ccc(-c2ccc([N+](=O)[O-])cc2)o1)Nc1ccc2ccccc2c1. The van der Waals surface area contributed by atoms with Gasteiger partial charge in [0, 0.05) is 23.4 Å². The fraction of sp³-hybridized carbons (Fsp3) is 0.0435. The zero-order chi connectivity index (χ0) is 21.8. The molecule has 0 spiro atoms. The largest absolute Gasteiger partial charge is 0.450 e. The molecule has 4 rings (SSSR count). The first-order valence-corrected chi connectivity index (χ1v) is 9.30. The van der Waals surface area contributed by atoms with Gasteiger partial charge in [-0.1, -0.05) is 30.3 Å². The Morgan fingerprint density at radius 3 is 2.42 bits per heavy atom. The smallest absolute Gasteiger partial charge is 0.374 e. The van der Waals surface area contributed by atoms with Crippen LogP contribution in [0.25, 0.3) is 22.1 Å². The second-order valence-corrected chi connectivity index (χ2v) is 6.65. The van der Waals surface area contributed by atoms with Gasteiger partial charge in [-0.15, -0.1) is 0 Å². The minimum atomic E-state index is -0.790. The predicted octanol–water partition coefficient (Wildman–Crippen LogP) is 4.80. The number of non-ortho nitro benzene ring substituents is 1. The standard InChI is InChI=1S/C23H16N2O6/c26-22(24-18-8-5-15-3-1-2-4-17(15)13-18)14-30-23(27)21-12-11-20(31-21)16-6-9-19(10-7-16)25(28)29/h1-13H,14H2,(H,24,26). The van der Waals surface area contributed by atoms with E-state index in [0.29, 0.717) is 17.0 Å². The molecule has 0 radical (unpaired) electrons. The van der Waals surface area contributed by atoms with E-state index in [1.54, 1.807) is 12.1 Å². The summed E-state index contributed by atoms with van der Waals surface area (Å²) in [5.74, 6) is -0.998. The Balaban J connectivity index is 1.35. The Hall–Kier alpha value is -4.46. The molecule has 3 aromatic carbocycles. The maximum absolute atomic E-state index is 12.2. The first-order valence-electron chi connectivity index (χ1n) is 9.30. The average molecular weight is 416 g/mol. The van der Waals surface area contributed by atoms with E-state index in [9.17, 15) is 19.7 Å². The number of esters is 1. The number of hydrogen-bond donors (Lipinski definition) is 1. The molecule has 4 aromatic rings. The lowest BCUT2D eigenvalue weighted by atomic mass is 10.1. The third-order valence-electron chi connectivity index (χ3n) is 4.54. The highest BCUT2D eigenvalue weighted by atomic mass is 16.6. The number of nitro groups is 1. The number of carbonyl (C=O) groups is 2. The van der Waals surface area contributed by atoms with Gasteiger partial charge in [0.2, 0.25) is 5.76 Å². The summed E-state index contributed by atoms with van der Waals surface area (Å²) in [4.78, 5) is 34.5. The molecule has 0 saturated carbocycles. The number of nitrogens with one attached hydrogen (secondary N) is 1. The molecule has 154 valence electrons. The van der Waals surface area contributed by atoms with Crippen molar-refractivity contribution in [2.24, 2.45) is 0 Å². The van der Waals surface area contributed by atoms with Gasteiger partial charge in [-0.3, -0.25) is 14.9 Å².